The lowest BCUT2D eigenvalue weighted by Gasteiger charge is -2.41. The van der Waals surface area contributed by atoms with Crippen LogP contribution in [0.2, 0.25) is 0 Å². The number of nitrogens with zero attached hydrogens (tertiary/aromatic N) is 1. The summed E-state index contributed by atoms with van der Waals surface area (Å²) in [6.45, 7) is 5.88. The summed E-state index contributed by atoms with van der Waals surface area (Å²) in [6, 6.07) is 5.69. The van der Waals surface area contributed by atoms with Crippen LogP contribution in [0.25, 0.3) is 11.1 Å². The van der Waals surface area contributed by atoms with E-state index in [1.165, 1.54) is 18.2 Å². The molecule has 0 spiro atoms. The predicted molar refractivity (Wildman–Crippen MR) is 135 cm³/mol. The molecule has 2 aromatic carbocycles. The third kappa shape index (κ3) is 7.08. The molecule has 2 fully saturated rings. The van der Waals surface area contributed by atoms with Crippen LogP contribution in [0.15, 0.2) is 36.4 Å². The molecule has 1 aliphatic heterocycles. The number of amides is 1. The summed E-state index contributed by atoms with van der Waals surface area (Å²) in [4.78, 5) is 15.2. The van der Waals surface area contributed by atoms with E-state index < -0.39 is 47.8 Å². The Morgan fingerprint density at radius 1 is 1.11 bits per heavy atom. The summed E-state index contributed by atoms with van der Waals surface area (Å²) in [6.07, 6.45) is 0.306. The van der Waals surface area contributed by atoms with Gasteiger partial charge in [0.2, 0.25) is 5.91 Å². The van der Waals surface area contributed by atoms with E-state index in [2.05, 4.69) is 24.1 Å². The predicted octanol–water partition coefficient (Wildman–Crippen LogP) is 6.27. The van der Waals surface area contributed by atoms with Crippen LogP contribution in [0.1, 0.15) is 52.9 Å². The van der Waals surface area contributed by atoms with E-state index >= 15 is 4.39 Å². The zero-order valence-corrected chi connectivity index (χ0v) is 21.5. The van der Waals surface area contributed by atoms with E-state index in [1.807, 2.05) is 0 Å². The first-order chi connectivity index (χ1) is 17.5. The van der Waals surface area contributed by atoms with Gasteiger partial charge < -0.3 is 15.0 Å². The molecule has 212 valence electrons. The van der Waals surface area contributed by atoms with Gasteiger partial charge in [0.15, 0.2) is 0 Å². The maximum Gasteiger partial charge on any atom is 0.270 e. The summed E-state index contributed by atoms with van der Waals surface area (Å²) < 4.78 is 78.4. The lowest BCUT2D eigenvalue weighted by Crippen LogP contribution is -2.58. The van der Waals surface area contributed by atoms with Gasteiger partial charge in [0, 0.05) is 38.6 Å². The van der Waals surface area contributed by atoms with Crippen molar-refractivity contribution in [2.24, 2.45) is 0 Å². The first kappa shape index (κ1) is 30.0. The van der Waals surface area contributed by atoms with E-state index in [4.69, 9.17) is 4.74 Å². The number of hydrogen-bond acceptors (Lipinski definition) is 3. The second-order valence-corrected chi connectivity index (χ2v) is 10.3. The number of alkyl halides is 2. The molecule has 1 N–H and O–H groups in total. The molecule has 1 saturated heterocycles. The second-order valence-electron chi connectivity index (χ2n) is 10.3. The van der Waals surface area contributed by atoms with Crippen LogP contribution in [0.3, 0.4) is 0 Å². The molecule has 2 aromatic rings. The van der Waals surface area contributed by atoms with E-state index in [-0.39, 0.29) is 41.8 Å². The number of ether oxygens (including phenoxy) is 1. The van der Waals surface area contributed by atoms with E-state index in [0.29, 0.717) is 18.5 Å². The molecule has 2 aliphatic rings. The van der Waals surface area contributed by atoms with Gasteiger partial charge in [-0.25, -0.2) is 22.0 Å². The standard InChI is InChI=1S/C28H33F5N2O2.FH.H2/c1-17(2)35-11-8-22(9-12-35)37-24-7-4-10-28(32,33)27(24)34-25(36)15-18-5-3-6-23(26(18)31)19-13-20(29)16-21(30)14-19;;/h3,5-6,13-14,16-17,22,24,27H,4,7-12,15H2,1-2H3,(H,34,36);2*1H/t24-,27+;;/m0../s1. The Morgan fingerprint density at radius 3 is 2.39 bits per heavy atom. The van der Waals surface area contributed by atoms with Crippen molar-refractivity contribution in [3.63, 3.8) is 0 Å². The number of likely N-dealkylation sites (tertiary alicyclic amines) is 1. The molecule has 0 aromatic heterocycles. The largest absolute Gasteiger partial charge is 0.373 e. The lowest BCUT2D eigenvalue weighted by atomic mass is 9.88. The summed E-state index contributed by atoms with van der Waals surface area (Å²) in [5.41, 5.74) is -0.161. The smallest absolute Gasteiger partial charge is 0.270 e. The number of halogens is 6. The maximum atomic E-state index is 15.2. The minimum Gasteiger partial charge on any atom is -0.373 e. The summed E-state index contributed by atoms with van der Waals surface area (Å²) in [5.74, 6) is -6.48. The Labute approximate surface area is 220 Å². The Balaban J connectivity index is 0.00000267. The number of hydrogen-bond donors (Lipinski definition) is 1. The monoisotopic (exact) mass is 546 g/mol. The third-order valence-corrected chi connectivity index (χ3v) is 7.32. The van der Waals surface area contributed by atoms with Gasteiger partial charge >= 0.3 is 0 Å². The van der Waals surface area contributed by atoms with Gasteiger partial charge in [-0.1, -0.05) is 18.2 Å². The van der Waals surface area contributed by atoms with Gasteiger partial charge in [0.25, 0.3) is 5.92 Å². The first-order valence-corrected chi connectivity index (χ1v) is 12.8. The fourth-order valence-corrected chi connectivity index (χ4v) is 5.30. The number of nitrogens with one attached hydrogen (secondary N) is 1. The van der Waals surface area contributed by atoms with Gasteiger partial charge in [0.1, 0.15) is 23.5 Å². The minimum atomic E-state index is -3.16. The molecule has 4 rings (SSSR count). The highest BCUT2D eigenvalue weighted by molar-refractivity contribution is 5.80. The van der Waals surface area contributed by atoms with Crippen molar-refractivity contribution in [2.45, 2.75) is 82.6 Å². The Kier molecular flexibility index (Phi) is 9.86. The van der Waals surface area contributed by atoms with Crippen LogP contribution in [-0.2, 0) is 16.0 Å². The molecule has 1 heterocycles. The average molecular weight is 547 g/mol. The number of carbonyl (C=O) groups is 1. The maximum absolute atomic E-state index is 15.2. The molecular weight excluding hydrogens is 510 g/mol. The topological polar surface area (TPSA) is 41.6 Å². The van der Waals surface area contributed by atoms with E-state index in [1.54, 1.807) is 0 Å². The molecule has 0 unspecified atom stereocenters. The SMILES string of the molecule is CC(C)N1CCC(O[C@H]2CCCC(F)(F)[C@@H]2NC(=O)Cc2cccc(-c3cc(F)cc(F)c3)c2F)CC1.F.[HH]. The van der Waals surface area contributed by atoms with Crippen molar-refractivity contribution in [1.82, 2.24) is 10.2 Å². The quantitative estimate of drug-likeness (QED) is 0.416. The van der Waals surface area contributed by atoms with Crippen molar-refractivity contribution in [3.8, 4) is 11.1 Å². The molecule has 38 heavy (non-hydrogen) atoms. The van der Waals surface area contributed by atoms with E-state index in [9.17, 15) is 22.4 Å². The first-order valence-electron chi connectivity index (χ1n) is 12.8. The number of carbonyl (C=O) groups excluding carboxylic acids is 1. The summed E-state index contributed by atoms with van der Waals surface area (Å²) >= 11 is 0. The minimum absolute atomic E-state index is 0. The van der Waals surface area contributed by atoms with Gasteiger partial charge in [-0.15, -0.1) is 0 Å². The van der Waals surface area contributed by atoms with Crippen LogP contribution < -0.4 is 5.32 Å². The van der Waals surface area contributed by atoms with Crippen molar-refractivity contribution in [2.75, 3.05) is 13.1 Å². The summed E-state index contributed by atoms with van der Waals surface area (Å²) in [5, 5.41) is 2.42. The van der Waals surface area contributed by atoms with Crippen LogP contribution in [0.4, 0.5) is 26.7 Å². The van der Waals surface area contributed by atoms with Crippen molar-refractivity contribution >= 4 is 5.91 Å². The second kappa shape index (κ2) is 12.5. The highest BCUT2D eigenvalue weighted by Gasteiger charge is 2.49. The fraction of sp³-hybridized carbons (Fsp3) is 0.536. The van der Waals surface area contributed by atoms with Crippen LogP contribution >= 0.6 is 0 Å². The third-order valence-electron chi connectivity index (χ3n) is 7.32. The molecule has 1 aliphatic carbocycles. The number of rotatable bonds is 7. The van der Waals surface area contributed by atoms with Gasteiger partial charge in [-0.3, -0.25) is 9.50 Å². The van der Waals surface area contributed by atoms with Gasteiger partial charge in [-0.2, -0.15) is 0 Å². The molecule has 0 bridgehead atoms. The molecule has 10 heteroatoms. The number of benzene rings is 2. The summed E-state index contributed by atoms with van der Waals surface area (Å²) in [7, 11) is 0. The van der Waals surface area contributed by atoms with Crippen molar-refractivity contribution < 1.29 is 37.6 Å². The average Bonchev–Trinajstić information content (AvgIpc) is 2.82. The Morgan fingerprint density at radius 2 is 1.76 bits per heavy atom. The highest BCUT2D eigenvalue weighted by Crippen LogP contribution is 2.36. The molecule has 1 saturated carbocycles. The normalized spacial score (nSPS) is 22.2. The van der Waals surface area contributed by atoms with Crippen molar-refractivity contribution in [3.05, 3.63) is 59.4 Å². The molecule has 1 amide bonds. The fourth-order valence-electron chi connectivity index (χ4n) is 5.30. The molecule has 2 atom stereocenters. The Bertz CT molecular complexity index is 1090. The Hall–Kier alpha value is -2.59. The van der Waals surface area contributed by atoms with E-state index in [0.717, 1.165) is 38.1 Å². The zero-order valence-electron chi connectivity index (χ0n) is 21.5. The number of piperidine rings is 1. The highest BCUT2D eigenvalue weighted by atomic mass is 19.3. The molecule has 4 nitrogen and oxygen atoms in total. The molecular formula is C28H36F6N2O2. The molecule has 0 radical (unpaired) electrons. The van der Waals surface area contributed by atoms with Crippen LogP contribution in [0.5, 0.6) is 0 Å². The zero-order chi connectivity index (χ0) is 26.7. The van der Waals surface area contributed by atoms with Gasteiger partial charge in [-0.05, 0) is 62.8 Å². The lowest BCUT2D eigenvalue weighted by molar-refractivity contribution is -0.157. The van der Waals surface area contributed by atoms with Crippen LogP contribution in [-0.4, -0.2) is 54.1 Å². The van der Waals surface area contributed by atoms with Gasteiger partial charge in [0.05, 0.1) is 18.6 Å². The van der Waals surface area contributed by atoms with Crippen LogP contribution in [0, 0.1) is 17.5 Å². The van der Waals surface area contributed by atoms with Crippen molar-refractivity contribution in [1.29, 1.82) is 0 Å².